The summed E-state index contributed by atoms with van der Waals surface area (Å²) >= 11 is 0. The lowest BCUT2D eigenvalue weighted by atomic mass is 10.0. The fourth-order valence-electron chi connectivity index (χ4n) is 3.87. The third-order valence-electron chi connectivity index (χ3n) is 6.06. The molecule has 2 aromatic rings. The maximum absolute atomic E-state index is 13.7. The molecule has 0 bridgehead atoms. The molecule has 1 heterocycles. The van der Waals surface area contributed by atoms with Crippen LogP contribution in [0.25, 0.3) is 11.4 Å². The van der Waals surface area contributed by atoms with Crippen molar-refractivity contribution in [2.24, 2.45) is 0 Å². The topological polar surface area (TPSA) is 35.0 Å². The van der Waals surface area contributed by atoms with Crippen LogP contribution in [0.4, 0.5) is 8.78 Å². The van der Waals surface area contributed by atoms with E-state index in [1.54, 1.807) is 19.3 Å². The minimum absolute atomic E-state index is 0.0651. The Kier molecular flexibility index (Phi) is 13.6. The van der Waals surface area contributed by atoms with Crippen LogP contribution < -0.4 is 4.74 Å². The highest BCUT2D eigenvalue weighted by atomic mass is 19.1. The van der Waals surface area contributed by atoms with Gasteiger partial charge in [0.1, 0.15) is 12.3 Å². The van der Waals surface area contributed by atoms with Crippen molar-refractivity contribution in [3.05, 3.63) is 42.2 Å². The van der Waals surface area contributed by atoms with E-state index >= 15 is 0 Å². The maximum Gasteiger partial charge on any atom is 0.159 e. The molecule has 0 fully saturated rings. The van der Waals surface area contributed by atoms with Gasteiger partial charge in [0, 0.05) is 18.4 Å². The van der Waals surface area contributed by atoms with Crippen LogP contribution in [0, 0.1) is 0 Å². The van der Waals surface area contributed by atoms with Gasteiger partial charge < -0.3 is 4.74 Å². The van der Waals surface area contributed by atoms with E-state index in [0.717, 1.165) is 12.0 Å². The van der Waals surface area contributed by atoms with Crippen molar-refractivity contribution in [3.63, 3.8) is 0 Å². The highest BCUT2D eigenvalue weighted by Crippen LogP contribution is 2.19. The van der Waals surface area contributed by atoms with Crippen molar-refractivity contribution in [1.82, 2.24) is 9.97 Å². The minimum Gasteiger partial charge on any atom is -0.490 e. The van der Waals surface area contributed by atoms with E-state index in [0.29, 0.717) is 18.0 Å². The summed E-state index contributed by atoms with van der Waals surface area (Å²) in [5.74, 6) is 1.14. The standard InChI is InChI=1S/C28H42F2N2O/c1-3-5-6-7-8-9-10-11-12-13-23-14-16-24(17-15-23)28-31-21-27(22-32-28)33-19-18-26(30)20-25(29)4-2/h14-17,21-22,25-26H,3-13,18-20H2,1-2H3. The summed E-state index contributed by atoms with van der Waals surface area (Å²) in [5.41, 5.74) is 2.32. The quantitative estimate of drug-likeness (QED) is 0.209. The molecular formula is C28H42F2N2O. The summed E-state index contributed by atoms with van der Waals surface area (Å²) in [6, 6.07) is 8.44. The third kappa shape index (κ3) is 11.6. The monoisotopic (exact) mass is 460 g/mol. The molecule has 1 aromatic carbocycles. The summed E-state index contributed by atoms with van der Waals surface area (Å²) in [5, 5.41) is 0. The molecule has 0 saturated heterocycles. The number of aromatic nitrogens is 2. The predicted octanol–water partition coefficient (Wildman–Crippen LogP) is 8.46. The van der Waals surface area contributed by atoms with Crippen molar-refractivity contribution in [2.45, 2.75) is 110 Å². The van der Waals surface area contributed by atoms with E-state index in [1.807, 2.05) is 0 Å². The van der Waals surface area contributed by atoms with Gasteiger partial charge in [0.2, 0.25) is 0 Å². The molecule has 0 aliphatic rings. The summed E-state index contributed by atoms with van der Waals surface area (Å²) in [6.07, 6.45) is 14.6. The van der Waals surface area contributed by atoms with Crippen LogP contribution in [0.15, 0.2) is 36.7 Å². The molecule has 0 aliphatic carbocycles. The van der Waals surface area contributed by atoms with Gasteiger partial charge in [0.25, 0.3) is 0 Å². The molecule has 0 saturated carbocycles. The second kappa shape index (κ2) is 16.6. The Hall–Kier alpha value is -2.04. The highest BCUT2D eigenvalue weighted by molar-refractivity contribution is 5.55. The normalized spacial score (nSPS) is 13.1. The zero-order chi connectivity index (χ0) is 23.7. The van der Waals surface area contributed by atoms with Gasteiger partial charge in [-0.05, 0) is 24.8 Å². The average molecular weight is 461 g/mol. The number of halogens is 2. The predicted molar refractivity (Wildman–Crippen MR) is 133 cm³/mol. The maximum atomic E-state index is 13.7. The Balaban J connectivity index is 1.65. The lowest BCUT2D eigenvalue weighted by Crippen LogP contribution is -2.13. The number of benzene rings is 1. The molecule has 2 unspecified atom stereocenters. The number of hydrogen-bond acceptors (Lipinski definition) is 3. The van der Waals surface area contributed by atoms with Crippen LogP contribution in [-0.4, -0.2) is 28.9 Å². The molecule has 0 amide bonds. The van der Waals surface area contributed by atoms with E-state index in [2.05, 4.69) is 41.2 Å². The van der Waals surface area contributed by atoms with E-state index in [-0.39, 0.29) is 19.4 Å². The van der Waals surface area contributed by atoms with E-state index in [1.165, 1.54) is 63.4 Å². The Morgan fingerprint density at radius 2 is 1.39 bits per heavy atom. The number of ether oxygens (including phenoxy) is 1. The van der Waals surface area contributed by atoms with Crippen LogP contribution >= 0.6 is 0 Å². The van der Waals surface area contributed by atoms with Gasteiger partial charge in [-0.15, -0.1) is 0 Å². The summed E-state index contributed by atoms with van der Waals surface area (Å²) in [6.45, 7) is 4.17. The molecule has 2 rings (SSSR count). The Morgan fingerprint density at radius 3 is 2.00 bits per heavy atom. The zero-order valence-electron chi connectivity index (χ0n) is 20.6. The number of unbranched alkanes of at least 4 members (excludes halogenated alkanes) is 8. The number of aryl methyl sites for hydroxylation is 1. The SMILES string of the molecule is CCCCCCCCCCCc1ccc(-c2ncc(OCCC(F)CC(F)CC)cn2)cc1. The lowest BCUT2D eigenvalue weighted by Gasteiger charge is -2.11. The van der Waals surface area contributed by atoms with Gasteiger partial charge in [-0.2, -0.15) is 0 Å². The highest BCUT2D eigenvalue weighted by Gasteiger charge is 2.13. The van der Waals surface area contributed by atoms with Crippen LogP contribution in [0.5, 0.6) is 5.75 Å². The molecule has 5 heteroatoms. The van der Waals surface area contributed by atoms with Gasteiger partial charge in [0.05, 0.1) is 19.0 Å². The number of nitrogens with zero attached hydrogens (tertiary/aromatic N) is 2. The average Bonchev–Trinajstić information content (AvgIpc) is 2.84. The Labute approximate surface area is 199 Å². The fourth-order valence-corrected chi connectivity index (χ4v) is 3.87. The Morgan fingerprint density at radius 1 is 0.788 bits per heavy atom. The number of alkyl halides is 2. The Bertz CT molecular complexity index is 737. The molecule has 2 atom stereocenters. The fraction of sp³-hybridized carbons (Fsp3) is 0.643. The van der Waals surface area contributed by atoms with Gasteiger partial charge >= 0.3 is 0 Å². The smallest absolute Gasteiger partial charge is 0.159 e. The van der Waals surface area contributed by atoms with Gasteiger partial charge in [-0.1, -0.05) is 89.5 Å². The van der Waals surface area contributed by atoms with Crippen molar-refractivity contribution in [1.29, 1.82) is 0 Å². The summed E-state index contributed by atoms with van der Waals surface area (Å²) in [7, 11) is 0. The first-order valence-corrected chi connectivity index (χ1v) is 12.9. The van der Waals surface area contributed by atoms with E-state index < -0.39 is 12.3 Å². The van der Waals surface area contributed by atoms with Gasteiger partial charge in [0.15, 0.2) is 11.6 Å². The number of rotatable bonds is 18. The molecular weight excluding hydrogens is 418 g/mol. The van der Waals surface area contributed by atoms with E-state index in [9.17, 15) is 8.78 Å². The molecule has 0 radical (unpaired) electrons. The van der Waals surface area contributed by atoms with Crippen molar-refractivity contribution < 1.29 is 13.5 Å². The van der Waals surface area contributed by atoms with Crippen LogP contribution in [-0.2, 0) is 6.42 Å². The lowest BCUT2D eigenvalue weighted by molar-refractivity contribution is 0.179. The van der Waals surface area contributed by atoms with Crippen molar-refractivity contribution in [3.8, 4) is 17.1 Å². The first kappa shape index (κ1) is 27.2. The van der Waals surface area contributed by atoms with Crippen molar-refractivity contribution >= 4 is 0 Å². The molecule has 1 aromatic heterocycles. The largest absolute Gasteiger partial charge is 0.490 e. The van der Waals surface area contributed by atoms with E-state index in [4.69, 9.17) is 4.74 Å². The van der Waals surface area contributed by atoms with Gasteiger partial charge in [-0.3, -0.25) is 0 Å². The zero-order valence-corrected chi connectivity index (χ0v) is 20.6. The van der Waals surface area contributed by atoms with Crippen LogP contribution in [0.2, 0.25) is 0 Å². The first-order chi connectivity index (χ1) is 16.1. The third-order valence-corrected chi connectivity index (χ3v) is 6.06. The molecule has 0 spiro atoms. The summed E-state index contributed by atoms with van der Waals surface area (Å²) in [4.78, 5) is 8.74. The second-order valence-corrected chi connectivity index (χ2v) is 8.99. The second-order valence-electron chi connectivity index (χ2n) is 8.99. The molecule has 0 N–H and O–H groups in total. The first-order valence-electron chi connectivity index (χ1n) is 12.9. The minimum atomic E-state index is -1.19. The van der Waals surface area contributed by atoms with Crippen LogP contribution in [0.1, 0.15) is 96.5 Å². The molecule has 0 aliphatic heterocycles. The van der Waals surface area contributed by atoms with Crippen molar-refractivity contribution in [2.75, 3.05) is 6.61 Å². The van der Waals surface area contributed by atoms with Gasteiger partial charge in [-0.25, -0.2) is 18.7 Å². The summed E-state index contributed by atoms with van der Waals surface area (Å²) < 4.78 is 32.4. The molecule has 3 nitrogen and oxygen atoms in total. The molecule has 184 valence electrons. The molecule has 33 heavy (non-hydrogen) atoms. The van der Waals surface area contributed by atoms with Crippen LogP contribution in [0.3, 0.4) is 0 Å². The number of hydrogen-bond donors (Lipinski definition) is 0.